The fraction of sp³-hybridized carbons (Fsp3) is 0.231. The predicted molar refractivity (Wildman–Crippen MR) is 75.2 cm³/mol. The molecule has 4 N–H and O–H groups in total. The van der Waals surface area contributed by atoms with Crippen LogP contribution in [0, 0.1) is 5.92 Å². The standard InChI is InChI=1S/C13H13N5O2/c1-6-4-10(19)17-18-11(6)7-2-3-8-9(5-7)15-13(20)16-12(8)14/h2-3,5-6H,4H2,1H3,(H,17,19)(H3,14,15,16,20). The molecule has 0 bridgehead atoms. The van der Waals surface area contributed by atoms with Gasteiger partial charge >= 0.3 is 5.69 Å². The number of hydrazone groups is 1. The minimum atomic E-state index is -0.487. The molecular formula is C13H13N5O2. The lowest BCUT2D eigenvalue weighted by Crippen LogP contribution is -2.32. The number of nitrogen functional groups attached to an aromatic ring is 1. The van der Waals surface area contributed by atoms with E-state index < -0.39 is 5.69 Å². The van der Waals surface area contributed by atoms with Crippen LogP contribution in [0.5, 0.6) is 0 Å². The molecule has 3 rings (SSSR count). The number of amides is 1. The van der Waals surface area contributed by atoms with Gasteiger partial charge in [0, 0.05) is 23.3 Å². The number of nitrogens with zero attached hydrogens (tertiary/aromatic N) is 2. The van der Waals surface area contributed by atoms with E-state index in [1.165, 1.54) is 0 Å². The molecule has 0 aliphatic carbocycles. The van der Waals surface area contributed by atoms with E-state index in [4.69, 9.17) is 5.73 Å². The van der Waals surface area contributed by atoms with Crippen molar-refractivity contribution in [3.63, 3.8) is 0 Å². The van der Waals surface area contributed by atoms with Gasteiger partial charge in [-0.15, -0.1) is 0 Å². The summed E-state index contributed by atoms with van der Waals surface area (Å²) in [6, 6.07) is 5.43. The number of nitrogens with one attached hydrogen (secondary N) is 2. The van der Waals surface area contributed by atoms with Crippen LogP contribution in [0.1, 0.15) is 18.9 Å². The third kappa shape index (κ3) is 2.03. The second-order valence-electron chi connectivity index (χ2n) is 4.82. The Balaban J connectivity index is 2.14. The van der Waals surface area contributed by atoms with Crippen LogP contribution in [-0.4, -0.2) is 21.6 Å². The van der Waals surface area contributed by atoms with Crippen LogP contribution < -0.4 is 16.8 Å². The highest BCUT2D eigenvalue weighted by Gasteiger charge is 2.21. The van der Waals surface area contributed by atoms with Crippen molar-refractivity contribution < 1.29 is 4.79 Å². The summed E-state index contributed by atoms with van der Waals surface area (Å²) >= 11 is 0. The Kier molecular flexibility index (Phi) is 2.74. The summed E-state index contributed by atoms with van der Waals surface area (Å²) in [5.74, 6) is 0.123. The van der Waals surface area contributed by atoms with E-state index >= 15 is 0 Å². The Morgan fingerprint density at radius 3 is 2.90 bits per heavy atom. The fourth-order valence-electron chi connectivity index (χ4n) is 2.35. The molecule has 102 valence electrons. The third-order valence-electron chi connectivity index (χ3n) is 3.31. The van der Waals surface area contributed by atoms with Crippen molar-refractivity contribution in [3.05, 3.63) is 34.2 Å². The molecule has 1 aliphatic heterocycles. The number of carbonyl (C=O) groups is 1. The lowest BCUT2D eigenvalue weighted by Gasteiger charge is -2.19. The summed E-state index contributed by atoms with van der Waals surface area (Å²) in [5.41, 5.74) is 9.92. The molecule has 1 unspecified atom stereocenters. The first-order chi connectivity index (χ1) is 9.54. The maximum Gasteiger partial charge on any atom is 0.347 e. The SMILES string of the molecule is CC1CC(=O)NN=C1c1ccc2c(N)nc(=O)[nH]c2c1. The normalized spacial score (nSPS) is 18.8. The Morgan fingerprint density at radius 1 is 1.35 bits per heavy atom. The highest BCUT2D eigenvalue weighted by atomic mass is 16.2. The summed E-state index contributed by atoms with van der Waals surface area (Å²) < 4.78 is 0. The number of benzene rings is 1. The molecule has 7 nitrogen and oxygen atoms in total. The van der Waals surface area contributed by atoms with Crippen molar-refractivity contribution in [3.8, 4) is 0 Å². The zero-order valence-corrected chi connectivity index (χ0v) is 10.8. The lowest BCUT2D eigenvalue weighted by molar-refractivity contribution is -0.121. The summed E-state index contributed by atoms with van der Waals surface area (Å²) in [4.78, 5) is 28.9. The lowest BCUT2D eigenvalue weighted by atomic mass is 9.93. The van der Waals surface area contributed by atoms with E-state index in [2.05, 4.69) is 20.5 Å². The molecule has 20 heavy (non-hydrogen) atoms. The quantitative estimate of drug-likeness (QED) is 0.695. The van der Waals surface area contributed by atoms with Crippen molar-refractivity contribution in [1.29, 1.82) is 0 Å². The summed E-state index contributed by atoms with van der Waals surface area (Å²) in [6.45, 7) is 1.94. The number of aromatic amines is 1. The van der Waals surface area contributed by atoms with Gasteiger partial charge in [-0.25, -0.2) is 10.2 Å². The van der Waals surface area contributed by atoms with E-state index in [1.54, 1.807) is 12.1 Å². The van der Waals surface area contributed by atoms with Crippen LogP contribution >= 0.6 is 0 Å². The van der Waals surface area contributed by atoms with Gasteiger partial charge in [0.05, 0.1) is 11.2 Å². The number of fused-ring (bicyclic) bond motifs is 1. The molecule has 2 aromatic rings. The first kappa shape index (κ1) is 12.3. The molecule has 1 aliphatic rings. The Bertz CT molecular complexity index is 793. The zero-order valence-electron chi connectivity index (χ0n) is 10.8. The fourth-order valence-corrected chi connectivity index (χ4v) is 2.35. The maximum absolute atomic E-state index is 11.4. The van der Waals surface area contributed by atoms with Gasteiger partial charge in [0.15, 0.2) is 0 Å². The Morgan fingerprint density at radius 2 is 2.15 bits per heavy atom. The molecule has 7 heteroatoms. The zero-order chi connectivity index (χ0) is 14.3. The Hall–Kier alpha value is -2.70. The number of hydrogen-bond donors (Lipinski definition) is 3. The van der Waals surface area contributed by atoms with Crippen molar-refractivity contribution in [2.45, 2.75) is 13.3 Å². The maximum atomic E-state index is 11.4. The summed E-state index contributed by atoms with van der Waals surface area (Å²) in [5, 5.41) is 4.77. The molecule has 1 atom stereocenters. The largest absolute Gasteiger partial charge is 0.383 e. The van der Waals surface area contributed by atoms with E-state index in [1.807, 2.05) is 13.0 Å². The van der Waals surface area contributed by atoms with Crippen molar-refractivity contribution in [2.75, 3.05) is 5.73 Å². The molecule has 1 amide bonds. The number of H-pyrrole nitrogens is 1. The topological polar surface area (TPSA) is 113 Å². The minimum Gasteiger partial charge on any atom is -0.383 e. The first-order valence-corrected chi connectivity index (χ1v) is 6.21. The number of hydrogen-bond acceptors (Lipinski definition) is 5. The second-order valence-corrected chi connectivity index (χ2v) is 4.82. The first-order valence-electron chi connectivity index (χ1n) is 6.21. The molecule has 1 aromatic carbocycles. The summed E-state index contributed by atoms with van der Waals surface area (Å²) in [6.07, 6.45) is 0.395. The van der Waals surface area contributed by atoms with Gasteiger partial charge in [0.25, 0.3) is 0 Å². The van der Waals surface area contributed by atoms with E-state index in [-0.39, 0.29) is 17.6 Å². The van der Waals surface area contributed by atoms with E-state index in [0.29, 0.717) is 17.3 Å². The van der Waals surface area contributed by atoms with Crippen LogP contribution in [0.3, 0.4) is 0 Å². The van der Waals surface area contributed by atoms with Crippen LogP contribution in [0.25, 0.3) is 10.9 Å². The Labute approximate surface area is 113 Å². The van der Waals surface area contributed by atoms with Gasteiger partial charge in [-0.3, -0.25) is 4.79 Å². The highest BCUT2D eigenvalue weighted by molar-refractivity contribution is 6.07. The molecular weight excluding hydrogens is 258 g/mol. The van der Waals surface area contributed by atoms with Crippen LogP contribution in [0.4, 0.5) is 5.82 Å². The van der Waals surface area contributed by atoms with Crippen molar-refractivity contribution in [2.24, 2.45) is 11.0 Å². The smallest absolute Gasteiger partial charge is 0.347 e. The minimum absolute atomic E-state index is 0.0205. The van der Waals surface area contributed by atoms with Crippen molar-refractivity contribution in [1.82, 2.24) is 15.4 Å². The van der Waals surface area contributed by atoms with Crippen molar-refractivity contribution >= 4 is 28.3 Å². The third-order valence-corrected chi connectivity index (χ3v) is 3.31. The predicted octanol–water partition coefficient (Wildman–Crippen LogP) is 0.365. The van der Waals surface area contributed by atoms with Gasteiger partial charge in [0.2, 0.25) is 5.91 Å². The van der Waals surface area contributed by atoms with Crippen LogP contribution in [0.2, 0.25) is 0 Å². The molecule has 0 fully saturated rings. The van der Waals surface area contributed by atoms with Gasteiger partial charge in [-0.1, -0.05) is 13.0 Å². The molecule has 2 heterocycles. The monoisotopic (exact) mass is 271 g/mol. The molecule has 0 saturated carbocycles. The molecule has 0 radical (unpaired) electrons. The highest BCUT2D eigenvalue weighted by Crippen LogP contribution is 2.21. The average molecular weight is 271 g/mol. The van der Waals surface area contributed by atoms with Crippen LogP contribution in [-0.2, 0) is 4.79 Å². The van der Waals surface area contributed by atoms with E-state index in [0.717, 1.165) is 11.3 Å². The van der Waals surface area contributed by atoms with Crippen LogP contribution in [0.15, 0.2) is 28.1 Å². The average Bonchev–Trinajstić information content (AvgIpc) is 2.37. The van der Waals surface area contributed by atoms with Gasteiger partial charge in [-0.05, 0) is 12.1 Å². The summed E-state index contributed by atoms with van der Waals surface area (Å²) in [7, 11) is 0. The number of nitrogens with two attached hydrogens (primary N) is 1. The number of aromatic nitrogens is 2. The molecule has 0 saturated heterocycles. The second kappa shape index (κ2) is 4.44. The van der Waals surface area contributed by atoms with Gasteiger partial charge in [0.1, 0.15) is 5.82 Å². The number of rotatable bonds is 1. The molecule has 0 spiro atoms. The van der Waals surface area contributed by atoms with Gasteiger partial charge < -0.3 is 10.7 Å². The number of carbonyl (C=O) groups excluding carboxylic acids is 1. The number of anilines is 1. The molecule has 1 aromatic heterocycles. The van der Waals surface area contributed by atoms with Gasteiger partial charge in [-0.2, -0.15) is 10.1 Å². The van der Waals surface area contributed by atoms with E-state index in [9.17, 15) is 9.59 Å².